The highest BCUT2D eigenvalue weighted by Gasteiger charge is 2.59. The average molecular weight is 393 g/mol. The summed E-state index contributed by atoms with van der Waals surface area (Å²) in [6, 6.07) is 11.0. The third-order valence-electron chi connectivity index (χ3n) is 9.23. The molecule has 6 atom stereocenters. The molecule has 0 spiro atoms. The maximum Gasteiger partial charge on any atom is 0.0962 e. The first-order valence-electron chi connectivity index (χ1n) is 11.8. The van der Waals surface area contributed by atoms with Crippen LogP contribution in [-0.2, 0) is 4.74 Å². The van der Waals surface area contributed by atoms with E-state index in [1.165, 1.54) is 42.6 Å². The van der Waals surface area contributed by atoms with E-state index in [1.54, 1.807) is 5.57 Å². The minimum atomic E-state index is -0.109. The smallest absolute Gasteiger partial charge is 0.0962 e. The largest absolute Gasteiger partial charge is 0.498 e. The van der Waals surface area contributed by atoms with Gasteiger partial charge in [0.2, 0.25) is 0 Å². The van der Waals surface area contributed by atoms with E-state index in [-0.39, 0.29) is 16.9 Å². The van der Waals surface area contributed by atoms with E-state index in [4.69, 9.17) is 4.74 Å². The number of allylic oxidation sites excluding steroid dienone is 4. The van der Waals surface area contributed by atoms with Gasteiger partial charge in [0.1, 0.15) is 0 Å². The fourth-order valence-corrected chi connectivity index (χ4v) is 7.63. The molecule has 0 heterocycles. The molecule has 0 aromatic heterocycles. The van der Waals surface area contributed by atoms with Crippen LogP contribution in [0.25, 0.3) is 5.57 Å². The Kier molecular flexibility index (Phi) is 4.70. The fourth-order valence-electron chi connectivity index (χ4n) is 7.63. The first kappa shape index (κ1) is 19.4. The van der Waals surface area contributed by atoms with E-state index >= 15 is 0 Å². The molecular weight excluding hydrogens is 356 g/mol. The second kappa shape index (κ2) is 7.01. The van der Waals surface area contributed by atoms with Crippen molar-refractivity contribution < 1.29 is 9.84 Å². The summed E-state index contributed by atoms with van der Waals surface area (Å²) in [5.74, 6) is 3.25. The maximum absolute atomic E-state index is 10.8. The van der Waals surface area contributed by atoms with Crippen LogP contribution in [0.5, 0.6) is 0 Å². The molecule has 2 fully saturated rings. The van der Waals surface area contributed by atoms with E-state index in [2.05, 4.69) is 57.2 Å². The quantitative estimate of drug-likeness (QED) is 0.648. The Labute approximate surface area is 176 Å². The lowest BCUT2D eigenvalue weighted by Gasteiger charge is -2.57. The van der Waals surface area contributed by atoms with Gasteiger partial charge in [-0.1, -0.05) is 44.2 Å². The highest BCUT2D eigenvalue weighted by molar-refractivity contribution is 5.74. The Bertz CT molecular complexity index is 837. The molecule has 1 unspecified atom stereocenters. The van der Waals surface area contributed by atoms with Crippen molar-refractivity contribution in [3.8, 4) is 0 Å². The summed E-state index contributed by atoms with van der Waals surface area (Å²) < 4.78 is 5.99. The highest BCUT2D eigenvalue weighted by atomic mass is 16.5. The third-order valence-corrected chi connectivity index (χ3v) is 9.23. The predicted molar refractivity (Wildman–Crippen MR) is 118 cm³/mol. The zero-order valence-corrected chi connectivity index (χ0v) is 18.3. The normalized spacial score (nSPS) is 41.3. The average Bonchev–Trinajstić information content (AvgIpc) is 3.03. The van der Waals surface area contributed by atoms with Gasteiger partial charge < -0.3 is 9.84 Å². The molecule has 1 N–H and O–H groups in total. The Morgan fingerprint density at radius 3 is 2.59 bits per heavy atom. The van der Waals surface area contributed by atoms with Crippen LogP contribution in [0.3, 0.4) is 0 Å². The Morgan fingerprint density at radius 2 is 1.83 bits per heavy atom. The molecule has 0 radical (unpaired) electrons. The van der Waals surface area contributed by atoms with Crippen LogP contribution in [0, 0.1) is 28.6 Å². The number of benzene rings is 1. The van der Waals surface area contributed by atoms with Crippen LogP contribution in [-0.4, -0.2) is 17.8 Å². The molecule has 0 aliphatic heterocycles. The van der Waals surface area contributed by atoms with Crippen molar-refractivity contribution in [2.45, 2.75) is 71.8 Å². The summed E-state index contributed by atoms with van der Waals surface area (Å²) in [6.45, 7) is 7.75. The summed E-state index contributed by atoms with van der Waals surface area (Å²) in [6.07, 6.45) is 10.3. The van der Waals surface area contributed by atoms with Gasteiger partial charge in [0, 0.05) is 6.42 Å². The lowest BCUT2D eigenvalue weighted by atomic mass is 9.47. The molecule has 0 bridgehead atoms. The Balaban J connectivity index is 1.64. The van der Waals surface area contributed by atoms with Gasteiger partial charge in [0.15, 0.2) is 0 Å². The van der Waals surface area contributed by atoms with Crippen LogP contribution in [0.4, 0.5) is 0 Å². The van der Waals surface area contributed by atoms with Crippen molar-refractivity contribution in [2.75, 3.05) is 6.61 Å². The van der Waals surface area contributed by atoms with Crippen molar-refractivity contribution in [1.29, 1.82) is 0 Å². The van der Waals surface area contributed by atoms with Crippen LogP contribution < -0.4 is 0 Å². The number of aliphatic hydroxyl groups excluding tert-OH is 1. The molecule has 156 valence electrons. The number of fused-ring (bicyclic) bond motifs is 5. The lowest BCUT2D eigenvalue weighted by molar-refractivity contribution is -0.0620. The number of hydrogen-bond acceptors (Lipinski definition) is 2. The van der Waals surface area contributed by atoms with Gasteiger partial charge >= 0.3 is 0 Å². The molecule has 2 saturated carbocycles. The second-order valence-corrected chi connectivity index (χ2v) is 10.4. The van der Waals surface area contributed by atoms with Gasteiger partial charge in [-0.25, -0.2) is 0 Å². The monoisotopic (exact) mass is 392 g/mol. The molecule has 2 heteroatoms. The molecular formula is C27H36O2. The maximum atomic E-state index is 10.8. The molecule has 4 aliphatic carbocycles. The molecule has 29 heavy (non-hydrogen) atoms. The van der Waals surface area contributed by atoms with Crippen LogP contribution in [0.1, 0.15) is 71.3 Å². The summed E-state index contributed by atoms with van der Waals surface area (Å²) in [4.78, 5) is 0. The topological polar surface area (TPSA) is 29.5 Å². The summed E-state index contributed by atoms with van der Waals surface area (Å²) in [5.41, 5.74) is 4.81. The molecule has 2 nitrogen and oxygen atoms in total. The third kappa shape index (κ3) is 2.86. The first-order chi connectivity index (χ1) is 14.0. The molecule has 1 aromatic rings. The first-order valence-corrected chi connectivity index (χ1v) is 11.8. The van der Waals surface area contributed by atoms with E-state index in [9.17, 15) is 5.11 Å². The predicted octanol–water partition coefficient (Wildman–Crippen LogP) is 6.37. The van der Waals surface area contributed by atoms with Gasteiger partial charge in [-0.3, -0.25) is 0 Å². The number of aliphatic hydroxyl groups is 1. The van der Waals surface area contributed by atoms with Crippen LogP contribution >= 0.6 is 0 Å². The fraction of sp³-hybridized carbons (Fsp3) is 0.630. The second-order valence-electron chi connectivity index (χ2n) is 10.4. The summed E-state index contributed by atoms with van der Waals surface area (Å²) in [7, 11) is 0. The number of hydrogen-bond donors (Lipinski definition) is 1. The van der Waals surface area contributed by atoms with Crippen LogP contribution in [0.2, 0.25) is 0 Å². The minimum absolute atomic E-state index is 0.109. The van der Waals surface area contributed by atoms with Crippen molar-refractivity contribution in [2.24, 2.45) is 28.6 Å². The highest BCUT2D eigenvalue weighted by Crippen LogP contribution is 2.66. The number of ether oxygens (including phenoxy) is 1. The van der Waals surface area contributed by atoms with E-state index < -0.39 is 0 Å². The molecule has 0 saturated heterocycles. The number of rotatable bonds is 3. The van der Waals surface area contributed by atoms with Gasteiger partial charge in [-0.2, -0.15) is 0 Å². The zero-order chi connectivity index (χ0) is 20.2. The molecule has 0 amide bonds. The minimum Gasteiger partial charge on any atom is -0.498 e. The van der Waals surface area contributed by atoms with Crippen molar-refractivity contribution in [1.82, 2.24) is 0 Å². The molecule has 4 aliphatic rings. The van der Waals surface area contributed by atoms with Gasteiger partial charge in [0.05, 0.1) is 18.5 Å². The van der Waals surface area contributed by atoms with Crippen molar-refractivity contribution in [3.05, 3.63) is 53.3 Å². The van der Waals surface area contributed by atoms with Crippen LogP contribution in [0.15, 0.2) is 47.7 Å². The molecule has 1 aromatic carbocycles. The Hall–Kier alpha value is -1.54. The standard InChI is InChI=1S/C27H36O2/c1-4-29-19-12-14-26(2)23-13-15-27(3)22(10-11-25(27)28)21(23)17-20(24(26)16-19)18-8-6-5-7-9-18/h5-9,16,21-23,25,28H,4,10-15,17H2,1-3H3/t21-,22-,23-,25?,26+,27-/m0/s1. The van der Waals surface area contributed by atoms with Crippen molar-refractivity contribution >= 4 is 5.57 Å². The zero-order valence-electron chi connectivity index (χ0n) is 18.3. The van der Waals surface area contributed by atoms with Gasteiger partial charge in [-0.05, 0) is 96.8 Å². The SMILES string of the molecule is CCOC1=CC2=C(c3ccccc3)C[C@@H]3[C@H](CC[C@]4(C)C(O)CC[C@@H]34)[C@@]2(C)CC1. The Morgan fingerprint density at radius 1 is 1.03 bits per heavy atom. The van der Waals surface area contributed by atoms with Gasteiger partial charge in [-0.15, -0.1) is 0 Å². The van der Waals surface area contributed by atoms with E-state index in [1.807, 2.05) is 0 Å². The van der Waals surface area contributed by atoms with Crippen molar-refractivity contribution in [3.63, 3.8) is 0 Å². The summed E-state index contributed by atoms with van der Waals surface area (Å²) in [5, 5.41) is 10.8. The summed E-state index contributed by atoms with van der Waals surface area (Å²) >= 11 is 0. The van der Waals surface area contributed by atoms with E-state index in [0.29, 0.717) is 11.8 Å². The molecule has 5 rings (SSSR count). The van der Waals surface area contributed by atoms with E-state index in [0.717, 1.165) is 31.8 Å². The van der Waals surface area contributed by atoms with Gasteiger partial charge in [0.25, 0.3) is 0 Å². The lowest BCUT2D eigenvalue weighted by Crippen LogP contribution is -2.50.